The van der Waals surface area contributed by atoms with E-state index in [1.807, 2.05) is 0 Å². The first-order valence-electron chi connectivity index (χ1n) is 14.0. The Bertz CT molecular complexity index is 1850. The maximum atomic E-state index is 13.2. The van der Waals surface area contributed by atoms with Crippen LogP contribution in [0.2, 0.25) is 0 Å². The highest BCUT2D eigenvalue weighted by Gasteiger charge is 2.34. The Morgan fingerprint density at radius 3 is 2.15 bits per heavy atom. The van der Waals surface area contributed by atoms with Gasteiger partial charge in [-0.1, -0.05) is 12.0 Å². The summed E-state index contributed by atoms with van der Waals surface area (Å²) in [7, 11) is 0. The van der Waals surface area contributed by atoms with Crippen molar-refractivity contribution in [3.63, 3.8) is 0 Å². The minimum Gasteiger partial charge on any atom is -0.443 e. The molecule has 0 saturated carbocycles. The van der Waals surface area contributed by atoms with Crippen LogP contribution in [0.1, 0.15) is 74.3 Å². The van der Waals surface area contributed by atoms with E-state index in [1.165, 1.54) is 24.4 Å². The number of hydrogen-bond donors (Lipinski definition) is 1. The van der Waals surface area contributed by atoms with Crippen molar-refractivity contribution in [3.05, 3.63) is 89.0 Å². The number of halogens is 3. The lowest BCUT2D eigenvalue weighted by Gasteiger charge is -2.28. The first-order chi connectivity index (χ1) is 21.3. The number of pyridine rings is 2. The van der Waals surface area contributed by atoms with Gasteiger partial charge >= 0.3 is 18.4 Å². The second-order valence-corrected chi connectivity index (χ2v) is 12.2. The lowest BCUT2D eigenvalue weighted by Crippen LogP contribution is -2.44. The molecule has 0 saturated heterocycles. The standard InChI is InChI=1S/C33H32F3N5O5/c1-20-10-11-22(28(42)39-26-18-23(14-15-37-26)33(34,35)36)17-21(20)12-13-24-19-38-27-25(9-8-16-40(24)27)41(29(43)45-31(2,3)4)30(44)46-32(5,6)7/h8-11,14-19H,1-7H3,(H,37,39,42). The average Bonchev–Trinajstić information content (AvgIpc) is 3.34. The van der Waals surface area contributed by atoms with Crippen LogP contribution >= 0.6 is 0 Å². The number of benzene rings is 1. The Morgan fingerprint density at radius 1 is 0.891 bits per heavy atom. The van der Waals surface area contributed by atoms with E-state index < -0.39 is 41.0 Å². The predicted octanol–water partition coefficient (Wildman–Crippen LogP) is 7.39. The molecule has 0 aliphatic carbocycles. The minimum absolute atomic E-state index is 0.108. The smallest absolute Gasteiger partial charge is 0.424 e. The zero-order valence-electron chi connectivity index (χ0n) is 26.2. The molecule has 4 rings (SSSR count). The van der Waals surface area contributed by atoms with Crippen LogP contribution < -0.4 is 10.2 Å². The third kappa shape index (κ3) is 8.20. The molecule has 10 nitrogen and oxygen atoms in total. The number of amides is 3. The summed E-state index contributed by atoms with van der Waals surface area (Å²) in [5, 5.41) is 2.38. The lowest BCUT2D eigenvalue weighted by molar-refractivity contribution is -0.137. The molecule has 0 bridgehead atoms. The van der Waals surface area contributed by atoms with E-state index in [0.29, 0.717) is 11.3 Å². The highest BCUT2D eigenvalue weighted by atomic mass is 19.4. The van der Waals surface area contributed by atoms with Gasteiger partial charge in [-0.2, -0.15) is 18.1 Å². The monoisotopic (exact) mass is 635 g/mol. The van der Waals surface area contributed by atoms with E-state index >= 15 is 0 Å². The van der Waals surface area contributed by atoms with Crippen LogP contribution in [0.15, 0.2) is 61.1 Å². The molecule has 0 fully saturated rings. The van der Waals surface area contributed by atoms with Crippen LogP contribution in [0.25, 0.3) is 5.65 Å². The topological polar surface area (TPSA) is 115 Å². The molecule has 13 heteroatoms. The van der Waals surface area contributed by atoms with Gasteiger partial charge in [-0.15, -0.1) is 0 Å². The fraction of sp³-hybridized carbons (Fsp3) is 0.303. The maximum Gasteiger partial charge on any atom is 0.424 e. The zero-order chi connectivity index (χ0) is 34.0. The quantitative estimate of drug-likeness (QED) is 0.234. The lowest BCUT2D eigenvalue weighted by atomic mass is 10.0. The number of anilines is 2. The van der Waals surface area contributed by atoms with Crippen LogP contribution in [0.3, 0.4) is 0 Å². The van der Waals surface area contributed by atoms with Crippen LogP contribution in [-0.2, 0) is 15.7 Å². The third-order valence-electron chi connectivity index (χ3n) is 6.06. The number of nitrogens with zero attached hydrogens (tertiary/aromatic N) is 4. The van der Waals surface area contributed by atoms with E-state index in [9.17, 15) is 27.6 Å². The third-order valence-corrected chi connectivity index (χ3v) is 6.06. The second-order valence-electron chi connectivity index (χ2n) is 12.2. The van der Waals surface area contributed by atoms with Gasteiger partial charge in [0.2, 0.25) is 0 Å². The summed E-state index contributed by atoms with van der Waals surface area (Å²) in [6.07, 6.45) is -2.41. The van der Waals surface area contributed by atoms with Crippen molar-refractivity contribution in [2.45, 2.75) is 65.8 Å². The van der Waals surface area contributed by atoms with Gasteiger partial charge in [0.1, 0.15) is 28.4 Å². The van der Waals surface area contributed by atoms with Gasteiger partial charge < -0.3 is 14.8 Å². The summed E-state index contributed by atoms with van der Waals surface area (Å²) in [6.45, 7) is 11.8. The van der Waals surface area contributed by atoms with Crippen molar-refractivity contribution < 1.29 is 37.0 Å². The SMILES string of the molecule is Cc1ccc(C(=O)Nc2cc(C(F)(F)F)ccn2)cc1C#Cc1cnc2c(N(C(=O)OC(C)(C)C)C(=O)OC(C)(C)C)cccn12. The maximum absolute atomic E-state index is 13.2. The molecule has 4 aromatic rings. The number of aromatic nitrogens is 3. The molecule has 0 atom stereocenters. The number of imide groups is 1. The van der Waals surface area contributed by atoms with Gasteiger partial charge in [0.15, 0.2) is 5.65 Å². The zero-order valence-corrected chi connectivity index (χ0v) is 26.2. The highest BCUT2D eigenvalue weighted by Crippen LogP contribution is 2.30. The normalized spacial score (nSPS) is 11.8. The summed E-state index contributed by atoms with van der Waals surface area (Å²) in [6, 6.07) is 9.38. The summed E-state index contributed by atoms with van der Waals surface area (Å²) >= 11 is 0. The highest BCUT2D eigenvalue weighted by molar-refractivity contribution is 6.12. The van der Waals surface area contributed by atoms with E-state index in [0.717, 1.165) is 28.8 Å². The number of carbonyl (C=O) groups excluding carboxylic acids is 3. The van der Waals surface area contributed by atoms with E-state index in [2.05, 4.69) is 27.1 Å². The number of hydrogen-bond acceptors (Lipinski definition) is 7. The summed E-state index contributed by atoms with van der Waals surface area (Å²) < 4.78 is 51.8. The van der Waals surface area contributed by atoms with E-state index in [4.69, 9.17) is 9.47 Å². The predicted molar refractivity (Wildman–Crippen MR) is 164 cm³/mol. The Balaban J connectivity index is 1.67. The number of imidazole rings is 1. The van der Waals surface area contributed by atoms with Gasteiger partial charge in [0.05, 0.1) is 11.8 Å². The van der Waals surface area contributed by atoms with Gasteiger partial charge in [-0.3, -0.25) is 9.20 Å². The number of carbonyl (C=O) groups is 3. The molecule has 240 valence electrons. The van der Waals surface area contributed by atoms with Crippen molar-refractivity contribution >= 4 is 35.2 Å². The number of ether oxygens (including phenoxy) is 2. The molecule has 0 aliphatic rings. The van der Waals surface area contributed by atoms with Gasteiger partial charge in [-0.25, -0.2) is 19.6 Å². The Kier molecular flexibility index (Phi) is 9.14. The van der Waals surface area contributed by atoms with Crippen LogP contribution in [0.4, 0.5) is 34.3 Å². The molecule has 3 heterocycles. The Labute approximate surface area is 263 Å². The Hall–Kier alpha value is -5.38. The molecule has 1 aromatic carbocycles. The van der Waals surface area contributed by atoms with Crippen LogP contribution in [-0.4, -0.2) is 43.7 Å². The van der Waals surface area contributed by atoms with Gasteiger partial charge in [0.25, 0.3) is 5.91 Å². The van der Waals surface area contributed by atoms with Crippen LogP contribution in [0, 0.1) is 18.8 Å². The minimum atomic E-state index is -4.59. The summed E-state index contributed by atoms with van der Waals surface area (Å²) in [5.41, 5.74) is -0.657. The molecule has 46 heavy (non-hydrogen) atoms. The fourth-order valence-electron chi connectivity index (χ4n) is 4.04. The van der Waals surface area contributed by atoms with Crippen molar-refractivity contribution in [2.75, 3.05) is 10.2 Å². The first-order valence-corrected chi connectivity index (χ1v) is 14.0. The van der Waals surface area contributed by atoms with E-state index in [-0.39, 0.29) is 22.7 Å². The number of aryl methyl sites for hydroxylation is 1. The van der Waals surface area contributed by atoms with Crippen molar-refractivity contribution in [1.82, 2.24) is 14.4 Å². The second kappa shape index (κ2) is 12.5. The van der Waals surface area contributed by atoms with E-state index in [1.54, 1.807) is 71.2 Å². The number of fused-ring (bicyclic) bond motifs is 1. The number of alkyl halides is 3. The van der Waals surface area contributed by atoms with Crippen molar-refractivity contribution in [2.24, 2.45) is 0 Å². The number of nitrogens with one attached hydrogen (secondary N) is 1. The van der Waals surface area contributed by atoms with Gasteiger partial charge in [0, 0.05) is 23.5 Å². The molecule has 3 aromatic heterocycles. The molecule has 0 unspecified atom stereocenters. The molecule has 0 spiro atoms. The summed E-state index contributed by atoms with van der Waals surface area (Å²) in [5.74, 6) is 5.08. The van der Waals surface area contributed by atoms with Crippen LogP contribution in [0.5, 0.6) is 0 Å². The molecule has 0 radical (unpaired) electrons. The fourth-order valence-corrected chi connectivity index (χ4v) is 4.04. The first kappa shape index (κ1) is 33.5. The largest absolute Gasteiger partial charge is 0.443 e. The van der Waals surface area contributed by atoms with Crippen molar-refractivity contribution in [3.8, 4) is 11.8 Å². The summed E-state index contributed by atoms with van der Waals surface area (Å²) in [4.78, 5) is 48.2. The Morgan fingerprint density at radius 2 is 1.54 bits per heavy atom. The molecule has 3 amide bonds. The molecular formula is C33H32F3N5O5. The molecule has 1 N–H and O–H groups in total. The van der Waals surface area contributed by atoms with Crippen molar-refractivity contribution in [1.29, 1.82) is 0 Å². The van der Waals surface area contributed by atoms with Gasteiger partial charge in [-0.05, 0) is 96.3 Å². The molecular weight excluding hydrogens is 603 g/mol. The number of rotatable bonds is 3. The average molecular weight is 636 g/mol. The molecule has 0 aliphatic heterocycles.